The number of ether oxygens (including phenoxy) is 2. The molecular weight excluding hydrogens is 444 g/mol. The summed E-state index contributed by atoms with van der Waals surface area (Å²) in [6.45, 7) is 4.41. The Hall–Kier alpha value is -2.66. The Morgan fingerprint density at radius 1 is 1.21 bits per heavy atom. The Bertz CT molecular complexity index is 1040. The maximum Gasteiger partial charge on any atom is 0.416 e. The number of aromatic nitrogens is 2. The van der Waals surface area contributed by atoms with Crippen LogP contribution in [0.4, 0.5) is 17.6 Å². The molecule has 5 rings (SSSR count). The Balaban J connectivity index is 1.25. The smallest absolute Gasteiger partial charge is 0.416 e. The standard InChI is InChI=1S/C22H24F4N4O3/c23-20-16-7-14(22(24,25)26)1-2-19(16)33-12-18(20)27-21(31)17-8-15-10-29(4-5-30(15)28-17)9-13-3-6-32-11-13/h1-2,7-8,13,18,20H,3-6,9-12H2,(H,27,31)/t13?,18-,20?/m0/s1. The predicted molar refractivity (Wildman–Crippen MR) is 108 cm³/mol. The molecule has 1 fully saturated rings. The number of halogens is 4. The van der Waals surface area contributed by atoms with Crippen molar-refractivity contribution in [1.82, 2.24) is 20.0 Å². The molecule has 0 saturated carbocycles. The fourth-order valence-electron chi connectivity index (χ4n) is 4.59. The highest BCUT2D eigenvalue weighted by Gasteiger charge is 2.37. The molecule has 0 spiro atoms. The number of alkyl halides is 4. The maximum absolute atomic E-state index is 15.1. The van der Waals surface area contributed by atoms with E-state index < -0.39 is 29.9 Å². The van der Waals surface area contributed by atoms with Gasteiger partial charge in [0.15, 0.2) is 11.9 Å². The minimum absolute atomic E-state index is 0.0474. The first-order valence-electron chi connectivity index (χ1n) is 10.9. The predicted octanol–water partition coefficient (Wildman–Crippen LogP) is 2.96. The normalized spacial score (nSPS) is 25.3. The summed E-state index contributed by atoms with van der Waals surface area (Å²) in [4.78, 5) is 15.1. The van der Waals surface area contributed by atoms with Gasteiger partial charge < -0.3 is 14.8 Å². The monoisotopic (exact) mass is 468 g/mol. The van der Waals surface area contributed by atoms with Gasteiger partial charge in [0.05, 0.1) is 30.5 Å². The summed E-state index contributed by atoms with van der Waals surface area (Å²) in [5, 5.41) is 6.88. The summed E-state index contributed by atoms with van der Waals surface area (Å²) in [5.41, 5.74) is -0.146. The third-order valence-corrected chi connectivity index (χ3v) is 6.37. The molecule has 3 atom stereocenters. The third-order valence-electron chi connectivity index (χ3n) is 6.37. The Morgan fingerprint density at radius 2 is 2.06 bits per heavy atom. The topological polar surface area (TPSA) is 68.6 Å². The van der Waals surface area contributed by atoms with Gasteiger partial charge in [-0.05, 0) is 36.6 Å². The van der Waals surface area contributed by atoms with Crippen LogP contribution in [0.1, 0.15) is 39.9 Å². The third kappa shape index (κ3) is 4.56. The van der Waals surface area contributed by atoms with Crippen molar-refractivity contribution in [2.75, 3.05) is 32.9 Å². The summed E-state index contributed by atoms with van der Waals surface area (Å²) in [7, 11) is 0. The molecular formula is C22H24F4N4O3. The van der Waals surface area contributed by atoms with Crippen LogP contribution in [0.15, 0.2) is 24.3 Å². The highest BCUT2D eigenvalue weighted by atomic mass is 19.4. The SMILES string of the molecule is O=C(N[C@H]1COc2ccc(C(F)(F)F)cc2C1F)c1cc2n(n1)CCN(CC1CCOC1)C2. The van der Waals surface area contributed by atoms with Crippen LogP contribution in [0.2, 0.25) is 0 Å². The van der Waals surface area contributed by atoms with Crippen LogP contribution in [-0.4, -0.2) is 59.5 Å². The van der Waals surface area contributed by atoms with E-state index in [-0.39, 0.29) is 23.6 Å². The second-order valence-corrected chi connectivity index (χ2v) is 8.75. The van der Waals surface area contributed by atoms with Crippen molar-refractivity contribution in [1.29, 1.82) is 0 Å². The van der Waals surface area contributed by atoms with Crippen molar-refractivity contribution >= 4 is 5.91 Å². The Morgan fingerprint density at radius 3 is 2.82 bits per heavy atom. The zero-order valence-corrected chi connectivity index (χ0v) is 17.8. The van der Waals surface area contributed by atoms with E-state index in [9.17, 15) is 18.0 Å². The zero-order valence-electron chi connectivity index (χ0n) is 17.8. The largest absolute Gasteiger partial charge is 0.491 e. The highest BCUT2D eigenvalue weighted by molar-refractivity contribution is 5.92. The molecule has 3 aliphatic rings. The molecule has 33 heavy (non-hydrogen) atoms. The number of benzene rings is 1. The fourth-order valence-corrected chi connectivity index (χ4v) is 4.59. The molecule has 1 saturated heterocycles. The van der Waals surface area contributed by atoms with Crippen molar-refractivity contribution in [3.05, 3.63) is 46.8 Å². The number of nitrogens with one attached hydrogen (secondary N) is 1. The average molecular weight is 468 g/mol. The van der Waals surface area contributed by atoms with Gasteiger partial charge in [0.2, 0.25) is 0 Å². The van der Waals surface area contributed by atoms with Crippen molar-refractivity contribution in [2.24, 2.45) is 5.92 Å². The second kappa shape index (κ2) is 8.60. The van der Waals surface area contributed by atoms with Crippen molar-refractivity contribution in [3.8, 4) is 5.75 Å². The molecule has 7 nitrogen and oxygen atoms in total. The molecule has 2 aromatic rings. The first-order chi connectivity index (χ1) is 15.8. The van der Waals surface area contributed by atoms with E-state index in [4.69, 9.17) is 9.47 Å². The Kier molecular flexibility index (Phi) is 5.77. The van der Waals surface area contributed by atoms with E-state index in [1.54, 1.807) is 10.7 Å². The van der Waals surface area contributed by atoms with Gasteiger partial charge in [-0.1, -0.05) is 0 Å². The molecule has 2 unspecified atom stereocenters. The van der Waals surface area contributed by atoms with Gasteiger partial charge in [-0.3, -0.25) is 14.4 Å². The summed E-state index contributed by atoms with van der Waals surface area (Å²) in [5.74, 6) is -0.0266. The number of carbonyl (C=O) groups excluding carboxylic acids is 1. The van der Waals surface area contributed by atoms with Crippen LogP contribution in [0.5, 0.6) is 5.75 Å². The van der Waals surface area contributed by atoms with Gasteiger partial charge in [-0.25, -0.2) is 4.39 Å². The molecule has 178 valence electrons. The van der Waals surface area contributed by atoms with E-state index in [0.29, 0.717) is 19.0 Å². The van der Waals surface area contributed by atoms with Crippen LogP contribution < -0.4 is 10.1 Å². The van der Waals surface area contributed by atoms with Gasteiger partial charge in [0.25, 0.3) is 5.91 Å². The number of rotatable bonds is 4. The minimum atomic E-state index is -4.60. The van der Waals surface area contributed by atoms with Gasteiger partial charge in [-0.15, -0.1) is 0 Å². The molecule has 1 N–H and O–H groups in total. The van der Waals surface area contributed by atoms with E-state index in [0.717, 1.165) is 56.6 Å². The Labute approximate surface area is 187 Å². The number of nitrogens with zero attached hydrogens (tertiary/aromatic N) is 3. The van der Waals surface area contributed by atoms with E-state index in [2.05, 4.69) is 15.3 Å². The van der Waals surface area contributed by atoms with Crippen molar-refractivity contribution in [3.63, 3.8) is 0 Å². The average Bonchev–Trinajstić information content (AvgIpc) is 3.44. The summed E-state index contributed by atoms with van der Waals surface area (Å²) >= 11 is 0. The number of hydrogen-bond acceptors (Lipinski definition) is 5. The van der Waals surface area contributed by atoms with Gasteiger partial charge >= 0.3 is 6.18 Å². The molecule has 3 aliphatic heterocycles. The fraction of sp³-hybridized carbons (Fsp3) is 0.545. The number of hydrogen-bond donors (Lipinski definition) is 1. The second-order valence-electron chi connectivity index (χ2n) is 8.75. The molecule has 11 heteroatoms. The van der Waals surface area contributed by atoms with Gasteiger partial charge in [0.1, 0.15) is 12.4 Å². The van der Waals surface area contributed by atoms with E-state index in [1.165, 1.54) is 0 Å². The molecule has 0 bridgehead atoms. The summed E-state index contributed by atoms with van der Waals surface area (Å²) in [6, 6.07) is 3.25. The van der Waals surface area contributed by atoms with E-state index in [1.807, 2.05) is 0 Å². The molecule has 0 aliphatic carbocycles. The first kappa shape index (κ1) is 22.1. The van der Waals surface area contributed by atoms with Crippen LogP contribution >= 0.6 is 0 Å². The summed E-state index contributed by atoms with van der Waals surface area (Å²) in [6.07, 6.45) is -5.38. The van der Waals surface area contributed by atoms with E-state index >= 15 is 4.39 Å². The van der Waals surface area contributed by atoms with Crippen molar-refractivity contribution < 1.29 is 31.8 Å². The van der Waals surface area contributed by atoms with Crippen LogP contribution in [0.25, 0.3) is 0 Å². The molecule has 4 heterocycles. The number of amides is 1. The number of carbonyl (C=O) groups is 1. The minimum Gasteiger partial charge on any atom is -0.491 e. The lowest BCUT2D eigenvalue weighted by Gasteiger charge is -2.29. The zero-order chi connectivity index (χ0) is 23.2. The quantitative estimate of drug-likeness (QED) is 0.699. The highest BCUT2D eigenvalue weighted by Crippen LogP contribution is 2.39. The van der Waals surface area contributed by atoms with Crippen molar-refractivity contribution in [2.45, 2.75) is 37.9 Å². The molecule has 1 aromatic carbocycles. The lowest BCUT2D eigenvalue weighted by atomic mass is 9.98. The first-order valence-corrected chi connectivity index (χ1v) is 10.9. The summed E-state index contributed by atoms with van der Waals surface area (Å²) < 4.78 is 66.7. The lowest BCUT2D eigenvalue weighted by Crippen LogP contribution is -2.44. The number of fused-ring (bicyclic) bond motifs is 2. The van der Waals surface area contributed by atoms with Gasteiger partial charge in [-0.2, -0.15) is 18.3 Å². The van der Waals surface area contributed by atoms with Crippen LogP contribution in [0, 0.1) is 5.92 Å². The van der Waals surface area contributed by atoms with Gasteiger partial charge in [0, 0.05) is 31.8 Å². The lowest BCUT2D eigenvalue weighted by molar-refractivity contribution is -0.137. The van der Waals surface area contributed by atoms with Crippen LogP contribution in [-0.2, 0) is 24.0 Å². The molecule has 1 aromatic heterocycles. The van der Waals surface area contributed by atoms with Crippen LogP contribution in [0.3, 0.4) is 0 Å². The maximum atomic E-state index is 15.1. The molecule has 1 amide bonds. The molecule has 0 radical (unpaired) electrons.